The largest absolute Gasteiger partial charge is 0.383 e. The van der Waals surface area contributed by atoms with E-state index in [9.17, 15) is 14.0 Å². The summed E-state index contributed by atoms with van der Waals surface area (Å²) in [5, 5.41) is 0. The number of amides is 2. The third kappa shape index (κ3) is 4.92. The van der Waals surface area contributed by atoms with Crippen LogP contribution in [-0.4, -0.2) is 53.4 Å². The summed E-state index contributed by atoms with van der Waals surface area (Å²) in [5.74, 6) is -0.976. The molecule has 3 rings (SSSR count). The Hall–Kier alpha value is -2.80. The van der Waals surface area contributed by atoms with E-state index in [1.807, 2.05) is 12.1 Å². The Morgan fingerprint density at radius 3 is 2.75 bits per heavy atom. The van der Waals surface area contributed by atoms with E-state index in [1.54, 1.807) is 47.5 Å². The van der Waals surface area contributed by atoms with E-state index in [-0.39, 0.29) is 30.6 Å². The molecule has 1 unspecified atom stereocenters. The van der Waals surface area contributed by atoms with Gasteiger partial charge in [-0.15, -0.1) is 0 Å². The molecule has 148 valence electrons. The summed E-state index contributed by atoms with van der Waals surface area (Å²) >= 11 is 0. The highest BCUT2D eigenvalue weighted by Gasteiger charge is 2.36. The smallest absolute Gasteiger partial charge is 0.228 e. The second kappa shape index (κ2) is 9.41. The number of likely N-dealkylation sites (tertiary alicyclic amines) is 1. The number of hydrogen-bond donors (Lipinski definition) is 0. The monoisotopic (exact) mass is 385 g/mol. The summed E-state index contributed by atoms with van der Waals surface area (Å²) in [6, 6.07) is 10.1. The molecule has 0 saturated carbocycles. The number of rotatable bonds is 8. The minimum atomic E-state index is -0.432. The van der Waals surface area contributed by atoms with Crippen LogP contribution < -0.4 is 0 Å². The van der Waals surface area contributed by atoms with Gasteiger partial charge in [-0.3, -0.25) is 14.6 Å². The van der Waals surface area contributed by atoms with Crippen molar-refractivity contribution in [3.8, 4) is 0 Å². The van der Waals surface area contributed by atoms with Gasteiger partial charge in [-0.2, -0.15) is 0 Å². The molecule has 0 radical (unpaired) electrons. The summed E-state index contributed by atoms with van der Waals surface area (Å²) in [7, 11) is 1.56. The standard InChI is InChI=1S/C21H24FN3O3/c1-28-11-10-24(14-17-4-2-3-5-19(17)22)21(27)18-12-20(26)25(15-18)13-16-6-8-23-9-7-16/h2-9,18H,10-15H2,1H3. The molecule has 7 heteroatoms. The summed E-state index contributed by atoms with van der Waals surface area (Å²) in [5.41, 5.74) is 1.42. The molecule has 2 amide bonds. The number of nitrogens with zero attached hydrogens (tertiary/aromatic N) is 3. The lowest BCUT2D eigenvalue weighted by Crippen LogP contribution is -2.39. The topological polar surface area (TPSA) is 62.7 Å². The first-order chi connectivity index (χ1) is 13.6. The minimum absolute atomic E-state index is 0.0484. The van der Waals surface area contributed by atoms with E-state index in [0.29, 0.717) is 31.8 Å². The predicted octanol–water partition coefficient (Wildman–Crippen LogP) is 2.24. The van der Waals surface area contributed by atoms with Crippen molar-refractivity contribution in [3.63, 3.8) is 0 Å². The molecule has 1 atom stereocenters. The lowest BCUT2D eigenvalue weighted by atomic mass is 10.1. The number of ether oxygens (including phenoxy) is 1. The van der Waals surface area contributed by atoms with Crippen molar-refractivity contribution in [1.82, 2.24) is 14.8 Å². The Labute approximate surface area is 163 Å². The van der Waals surface area contributed by atoms with Gasteiger partial charge in [0.25, 0.3) is 0 Å². The maximum Gasteiger partial charge on any atom is 0.228 e. The van der Waals surface area contributed by atoms with Crippen LogP contribution in [0.5, 0.6) is 0 Å². The fraction of sp³-hybridized carbons (Fsp3) is 0.381. The third-order valence-corrected chi connectivity index (χ3v) is 4.88. The van der Waals surface area contributed by atoms with E-state index in [0.717, 1.165) is 5.56 Å². The van der Waals surface area contributed by atoms with Crippen LogP contribution in [0.2, 0.25) is 0 Å². The van der Waals surface area contributed by atoms with Crippen LogP contribution in [0.1, 0.15) is 17.5 Å². The van der Waals surface area contributed by atoms with Gasteiger partial charge in [0.2, 0.25) is 11.8 Å². The lowest BCUT2D eigenvalue weighted by Gasteiger charge is -2.26. The van der Waals surface area contributed by atoms with Crippen LogP contribution in [0.25, 0.3) is 0 Å². The molecule has 2 heterocycles. The third-order valence-electron chi connectivity index (χ3n) is 4.88. The zero-order valence-electron chi connectivity index (χ0n) is 15.9. The van der Waals surface area contributed by atoms with Gasteiger partial charge in [0, 0.05) is 57.7 Å². The molecule has 1 aliphatic rings. The van der Waals surface area contributed by atoms with Gasteiger partial charge in [-0.25, -0.2) is 4.39 Å². The van der Waals surface area contributed by atoms with Gasteiger partial charge in [0.15, 0.2) is 0 Å². The van der Waals surface area contributed by atoms with Gasteiger partial charge in [-0.1, -0.05) is 18.2 Å². The lowest BCUT2D eigenvalue weighted by molar-refractivity contribution is -0.137. The van der Waals surface area contributed by atoms with Crippen LogP contribution >= 0.6 is 0 Å². The molecule has 0 bridgehead atoms. The van der Waals surface area contributed by atoms with E-state index >= 15 is 0 Å². The van der Waals surface area contributed by atoms with Crippen LogP contribution in [0.15, 0.2) is 48.8 Å². The molecule has 1 aromatic carbocycles. The fourth-order valence-corrected chi connectivity index (χ4v) is 3.36. The Morgan fingerprint density at radius 1 is 1.29 bits per heavy atom. The van der Waals surface area contributed by atoms with Crippen LogP contribution in [-0.2, 0) is 27.4 Å². The highest BCUT2D eigenvalue weighted by Crippen LogP contribution is 2.23. The van der Waals surface area contributed by atoms with Crippen LogP contribution in [0, 0.1) is 11.7 Å². The molecule has 0 aliphatic carbocycles. The molecular weight excluding hydrogens is 361 g/mol. The van der Waals surface area contributed by atoms with Gasteiger partial charge in [0.05, 0.1) is 12.5 Å². The van der Waals surface area contributed by atoms with Gasteiger partial charge in [-0.05, 0) is 23.8 Å². The quantitative estimate of drug-likeness (QED) is 0.699. The Bertz CT molecular complexity index is 816. The molecule has 1 saturated heterocycles. The van der Waals surface area contributed by atoms with Crippen molar-refractivity contribution in [2.75, 3.05) is 26.8 Å². The number of carbonyl (C=O) groups excluding carboxylic acids is 2. The minimum Gasteiger partial charge on any atom is -0.383 e. The summed E-state index contributed by atoms with van der Waals surface area (Å²) in [6.07, 6.45) is 3.53. The predicted molar refractivity (Wildman–Crippen MR) is 101 cm³/mol. The van der Waals surface area contributed by atoms with Gasteiger partial charge in [0.1, 0.15) is 5.82 Å². The first-order valence-corrected chi connectivity index (χ1v) is 9.26. The SMILES string of the molecule is COCCN(Cc1ccccc1F)C(=O)C1CC(=O)N(Cc2ccncc2)C1. The number of halogens is 1. The molecule has 2 aromatic rings. The van der Waals surface area contributed by atoms with Crippen molar-refractivity contribution >= 4 is 11.8 Å². The maximum absolute atomic E-state index is 14.0. The Kier molecular flexibility index (Phi) is 6.71. The molecule has 6 nitrogen and oxygen atoms in total. The summed E-state index contributed by atoms with van der Waals surface area (Å²) < 4.78 is 19.1. The number of pyridine rings is 1. The number of aromatic nitrogens is 1. The highest BCUT2D eigenvalue weighted by atomic mass is 19.1. The van der Waals surface area contributed by atoms with E-state index < -0.39 is 5.92 Å². The second-order valence-electron chi connectivity index (χ2n) is 6.87. The molecule has 1 fully saturated rings. The molecule has 0 N–H and O–H groups in total. The van der Waals surface area contributed by atoms with Crippen LogP contribution in [0.4, 0.5) is 4.39 Å². The number of carbonyl (C=O) groups is 2. The van der Waals surface area contributed by atoms with Crippen molar-refractivity contribution in [3.05, 3.63) is 65.7 Å². The van der Waals surface area contributed by atoms with Crippen molar-refractivity contribution in [2.45, 2.75) is 19.5 Å². The summed E-state index contributed by atoms with van der Waals surface area (Å²) in [6.45, 7) is 1.67. The molecule has 1 aromatic heterocycles. The average Bonchev–Trinajstić information content (AvgIpc) is 3.07. The Balaban J connectivity index is 1.68. The first-order valence-electron chi connectivity index (χ1n) is 9.26. The highest BCUT2D eigenvalue weighted by molar-refractivity contribution is 5.89. The van der Waals surface area contributed by atoms with Crippen molar-refractivity contribution in [2.24, 2.45) is 5.92 Å². The fourth-order valence-electron chi connectivity index (χ4n) is 3.36. The summed E-state index contributed by atoms with van der Waals surface area (Å²) in [4.78, 5) is 32.7. The van der Waals surface area contributed by atoms with Crippen molar-refractivity contribution in [1.29, 1.82) is 0 Å². The van der Waals surface area contributed by atoms with E-state index in [4.69, 9.17) is 4.74 Å². The van der Waals surface area contributed by atoms with Crippen LogP contribution in [0.3, 0.4) is 0 Å². The average molecular weight is 385 g/mol. The molecule has 0 spiro atoms. The zero-order chi connectivity index (χ0) is 19.9. The second-order valence-corrected chi connectivity index (χ2v) is 6.87. The first kappa shape index (κ1) is 19.9. The van der Waals surface area contributed by atoms with Crippen molar-refractivity contribution < 1.29 is 18.7 Å². The number of hydrogen-bond acceptors (Lipinski definition) is 4. The normalized spacial score (nSPS) is 16.4. The molecular formula is C21H24FN3O3. The van der Waals surface area contributed by atoms with Gasteiger partial charge < -0.3 is 14.5 Å². The molecule has 28 heavy (non-hydrogen) atoms. The molecule has 1 aliphatic heterocycles. The maximum atomic E-state index is 14.0. The van der Waals surface area contributed by atoms with E-state index in [1.165, 1.54) is 6.07 Å². The van der Waals surface area contributed by atoms with Gasteiger partial charge >= 0.3 is 0 Å². The zero-order valence-corrected chi connectivity index (χ0v) is 15.9. The van der Waals surface area contributed by atoms with E-state index in [2.05, 4.69) is 4.98 Å². The number of benzene rings is 1. The Morgan fingerprint density at radius 2 is 2.04 bits per heavy atom. The number of methoxy groups -OCH3 is 1.